The summed E-state index contributed by atoms with van der Waals surface area (Å²) in [6, 6.07) is 12.1. The highest BCUT2D eigenvalue weighted by atomic mass is 79.9. The molecule has 82 valence electrons. The lowest BCUT2D eigenvalue weighted by Gasteiger charge is -2.09. The maximum atomic E-state index is 6.34. The van der Waals surface area contributed by atoms with Crippen LogP contribution in [0.2, 0.25) is 0 Å². The van der Waals surface area contributed by atoms with Crippen LogP contribution in [-0.2, 0) is 6.42 Å². The fourth-order valence-corrected chi connectivity index (χ4v) is 2.30. The highest BCUT2D eigenvalue weighted by Crippen LogP contribution is 2.25. The molecule has 16 heavy (non-hydrogen) atoms. The molecule has 1 aromatic carbocycles. The van der Waals surface area contributed by atoms with Crippen LogP contribution < -0.4 is 0 Å². The summed E-state index contributed by atoms with van der Waals surface area (Å²) in [6.07, 6.45) is 4.38. The number of pyridine rings is 1. The fourth-order valence-electron chi connectivity index (χ4n) is 1.55. The van der Waals surface area contributed by atoms with Crippen molar-refractivity contribution in [2.24, 2.45) is 0 Å². The lowest BCUT2D eigenvalue weighted by atomic mass is 10.1. The van der Waals surface area contributed by atoms with Gasteiger partial charge in [0, 0.05) is 16.9 Å². The highest BCUT2D eigenvalue weighted by molar-refractivity contribution is 9.10. The first-order valence-corrected chi connectivity index (χ1v) is 6.27. The summed E-state index contributed by atoms with van der Waals surface area (Å²) in [5.41, 5.74) is 2.28. The van der Waals surface area contributed by atoms with E-state index in [2.05, 4.69) is 33.0 Å². The van der Waals surface area contributed by atoms with Crippen molar-refractivity contribution in [1.82, 2.24) is 4.98 Å². The van der Waals surface area contributed by atoms with E-state index in [0.717, 1.165) is 16.5 Å². The number of alkyl halides is 1. The molecule has 0 aliphatic heterocycles. The van der Waals surface area contributed by atoms with Crippen LogP contribution in [0.5, 0.6) is 0 Å². The average molecular weight is 297 g/mol. The van der Waals surface area contributed by atoms with Gasteiger partial charge >= 0.3 is 0 Å². The number of nitrogens with zero attached hydrogens (tertiary/aromatic N) is 1. The van der Waals surface area contributed by atoms with Crippen molar-refractivity contribution < 1.29 is 0 Å². The Hall–Kier alpha value is -0.860. The van der Waals surface area contributed by atoms with Crippen molar-refractivity contribution in [1.29, 1.82) is 0 Å². The number of aromatic nitrogens is 1. The topological polar surface area (TPSA) is 12.9 Å². The first kappa shape index (κ1) is 11.6. The first-order chi connectivity index (χ1) is 7.75. The van der Waals surface area contributed by atoms with Crippen LogP contribution in [0.1, 0.15) is 16.5 Å². The summed E-state index contributed by atoms with van der Waals surface area (Å²) in [6.45, 7) is 0. The Bertz CT molecular complexity index is 458. The van der Waals surface area contributed by atoms with Gasteiger partial charge in [-0.05, 0) is 35.7 Å². The number of rotatable bonds is 3. The zero-order chi connectivity index (χ0) is 11.4. The number of hydrogen-bond donors (Lipinski definition) is 0. The molecule has 0 spiro atoms. The zero-order valence-corrected chi connectivity index (χ0v) is 10.9. The molecule has 3 heteroatoms. The van der Waals surface area contributed by atoms with Gasteiger partial charge in [-0.25, -0.2) is 0 Å². The SMILES string of the molecule is ClC(Cc1cccc(Br)c1)c1cccnc1. The smallest absolute Gasteiger partial charge is 0.0640 e. The van der Waals surface area contributed by atoms with E-state index in [9.17, 15) is 0 Å². The van der Waals surface area contributed by atoms with E-state index < -0.39 is 0 Å². The molecule has 0 aliphatic carbocycles. The summed E-state index contributed by atoms with van der Waals surface area (Å²) in [4.78, 5) is 4.07. The van der Waals surface area contributed by atoms with Crippen LogP contribution in [0.25, 0.3) is 0 Å². The molecule has 1 atom stereocenters. The van der Waals surface area contributed by atoms with Gasteiger partial charge in [-0.15, -0.1) is 11.6 Å². The van der Waals surface area contributed by atoms with E-state index in [1.165, 1.54) is 5.56 Å². The maximum absolute atomic E-state index is 6.34. The molecule has 0 radical (unpaired) electrons. The van der Waals surface area contributed by atoms with Crippen LogP contribution in [0.4, 0.5) is 0 Å². The zero-order valence-electron chi connectivity index (χ0n) is 8.61. The second-order valence-electron chi connectivity index (χ2n) is 3.59. The summed E-state index contributed by atoms with van der Waals surface area (Å²) in [5.74, 6) is 0. The third-order valence-corrected chi connectivity index (χ3v) is 3.25. The molecular formula is C13H11BrClN. The maximum Gasteiger partial charge on any atom is 0.0640 e. The van der Waals surface area contributed by atoms with Gasteiger partial charge in [0.25, 0.3) is 0 Å². The lowest BCUT2D eigenvalue weighted by Crippen LogP contribution is -1.96. The van der Waals surface area contributed by atoms with Crippen molar-refractivity contribution in [3.63, 3.8) is 0 Å². The molecule has 1 heterocycles. The summed E-state index contributed by atoms with van der Waals surface area (Å²) in [5, 5.41) is -0.0250. The molecule has 0 saturated heterocycles. The van der Waals surface area contributed by atoms with Gasteiger partial charge in [-0.3, -0.25) is 4.98 Å². The molecule has 0 fully saturated rings. The fraction of sp³-hybridized carbons (Fsp3) is 0.154. The predicted molar refractivity (Wildman–Crippen MR) is 70.7 cm³/mol. The molecule has 1 unspecified atom stereocenters. The molecular weight excluding hydrogens is 286 g/mol. The second kappa shape index (κ2) is 5.46. The van der Waals surface area contributed by atoms with Crippen LogP contribution in [0.15, 0.2) is 53.3 Å². The minimum Gasteiger partial charge on any atom is -0.264 e. The summed E-state index contributed by atoms with van der Waals surface area (Å²) < 4.78 is 1.08. The van der Waals surface area contributed by atoms with Crippen LogP contribution in [0, 0.1) is 0 Å². The largest absolute Gasteiger partial charge is 0.264 e. The molecule has 0 N–H and O–H groups in total. The molecule has 2 aromatic rings. The van der Waals surface area contributed by atoms with Gasteiger partial charge in [-0.1, -0.05) is 34.1 Å². The lowest BCUT2D eigenvalue weighted by molar-refractivity contribution is 0.910. The summed E-state index contributed by atoms with van der Waals surface area (Å²) >= 11 is 9.79. The van der Waals surface area contributed by atoms with Gasteiger partial charge in [0.2, 0.25) is 0 Å². The molecule has 1 aromatic heterocycles. The van der Waals surface area contributed by atoms with Gasteiger partial charge < -0.3 is 0 Å². The van der Waals surface area contributed by atoms with Gasteiger partial charge in [0.15, 0.2) is 0 Å². The monoisotopic (exact) mass is 295 g/mol. The molecule has 1 nitrogen and oxygen atoms in total. The van der Waals surface area contributed by atoms with Gasteiger partial charge in [-0.2, -0.15) is 0 Å². The molecule has 0 bridgehead atoms. The average Bonchev–Trinajstić information content (AvgIpc) is 2.30. The van der Waals surface area contributed by atoms with Crippen molar-refractivity contribution in [3.8, 4) is 0 Å². The Morgan fingerprint density at radius 2 is 2.12 bits per heavy atom. The van der Waals surface area contributed by atoms with E-state index in [0.29, 0.717) is 0 Å². The van der Waals surface area contributed by atoms with Gasteiger partial charge in [0.1, 0.15) is 0 Å². The third kappa shape index (κ3) is 3.06. The number of benzene rings is 1. The highest BCUT2D eigenvalue weighted by Gasteiger charge is 2.08. The Morgan fingerprint density at radius 1 is 1.25 bits per heavy atom. The minimum atomic E-state index is -0.0250. The number of halogens is 2. The van der Waals surface area contributed by atoms with E-state index in [-0.39, 0.29) is 5.38 Å². The van der Waals surface area contributed by atoms with Gasteiger partial charge in [0.05, 0.1) is 5.38 Å². The first-order valence-electron chi connectivity index (χ1n) is 5.04. The molecule has 0 saturated carbocycles. The Kier molecular flexibility index (Phi) is 3.97. The van der Waals surface area contributed by atoms with Crippen molar-refractivity contribution in [3.05, 3.63) is 64.4 Å². The van der Waals surface area contributed by atoms with Crippen LogP contribution in [0.3, 0.4) is 0 Å². The Balaban J connectivity index is 2.11. The standard InChI is InChI=1S/C13H11BrClN/c14-12-5-1-3-10(7-12)8-13(15)11-4-2-6-16-9-11/h1-7,9,13H,8H2. The second-order valence-corrected chi connectivity index (χ2v) is 5.03. The normalized spacial score (nSPS) is 12.4. The van der Waals surface area contributed by atoms with E-state index in [4.69, 9.17) is 11.6 Å². The third-order valence-electron chi connectivity index (χ3n) is 2.35. The Labute approximate surface area is 109 Å². The predicted octanol–water partition coefficient (Wildman–Crippen LogP) is 4.37. The van der Waals surface area contributed by atoms with Crippen LogP contribution in [-0.4, -0.2) is 4.98 Å². The van der Waals surface area contributed by atoms with Crippen LogP contribution >= 0.6 is 27.5 Å². The summed E-state index contributed by atoms with van der Waals surface area (Å²) in [7, 11) is 0. The van der Waals surface area contributed by atoms with E-state index in [1.54, 1.807) is 6.20 Å². The van der Waals surface area contributed by atoms with Crippen molar-refractivity contribution >= 4 is 27.5 Å². The molecule has 2 rings (SSSR count). The van der Waals surface area contributed by atoms with Crippen molar-refractivity contribution in [2.45, 2.75) is 11.8 Å². The Morgan fingerprint density at radius 3 is 2.81 bits per heavy atom. The van der Waals surface area contributed by atoms with E-state index >= 15 is 0 Å². The van der Waals surface area contributed by atoms with E-state index in [1.807, 2.05) is 30.5 Å². The molecule has 0 amide bonds. The number of hydrogen-bond acceptors (Lipinski definition) is 1. The quantitative estimate of drug-likeness (QED) is 0.767. The minimum absolute atomic E-state index is 0.0250. The molecule has 0 aliphatic rings. The van der Waals surface area contributed by atoms with Crippen molar-refractivity contribution in [2.75, 3.05) is 0 Å².